The highest BCUT2D eigenvalue weighted by molar-refractivity contribution is 14.1. The number of hydrogen-bond donors (Lipinski definition) is 0. The quantitative estimate of drug-likeness (QED) is 0.181. The SMILES string of the molecule is CC1(C)c2cc(-c3ccc4c5ccccc5n(-c5ccccc5)c4c3)ccc2-c2c1ccc1cc(I)nn21. The third-order valence-electron chi connectivity index (χ3n) is 8.24. The van der Waals surface area contributed by atoms with E-state index in [0.29, 0.717) is 0 Å². The van der Waals surface area contributed by atoms with E-state index in [1.807, 2.05) is 0 Å². The van der Waals surface area contributed by atoms with Gasteiger partial charge in [0.15, 0.2) is 0 Å². The van der Waals surface area contributed by atoms with Gasteiger partial charge in [0.2, 0.25) is 0 Å². The molecule has 182 valence electrons. The monoisotopic (exact) mass is 601 g/mol. The summed E-state index contributed by atoms with van der Waals surface area (Å²) in [6.45, 7) is 4.66. The minimum Gasteiger partial charge on any atom is -0.309 e. The summed E-state index contributed by atoms with van der Waals surface area (Å²) in [5, 5.41) is 7.38. The molecule has 1 aliphatic carbocycles. The molecule has 0 saturated carbocycles. The summed E-state index contributed by atoms with van der Waals surface area (Å²) in [6.07, 6.45) is 0. The van der Waals surface area contributed by atoms with Crippen LogP contribution >= 0.6 is 22.6 Å². The van der Waals surface area contributed by atoms with E-state index in [-0.39, 0.29) is 5.41 Å². The zero-order chi connectivity index (χ0) is 25.6. The zero-order valence-electron chi connectivity index (χ0n) is 21.1. The van der Waals surface area contributed by atoms with E-state index in [0.717, 1.165) is 9.22 Å². The average Bonchev–Trinajstić information content (AvgIpc) is 3.55. The maximum atomic E-state index is 4.82. The second-order valence-electron chi connectivity index (χ2n) is 10.7. The van der Waals surface area contributed by atoms with E-state index in [2.05, 4.69) is 155 Å². The van der Waals surface area contributed by atoms with Gasteiger partial charge in [-0.25, -0.2) is 4.52 Å². The van der Waals surface area contributed by atoms with Crippen LogP contribution in [-0.4, -0.2) is 14.2 Å². The van der Waals surface area contributed by atoms with Crippen LogP contribution < -0.4 is 0 Å². The fourth-order valence-electron chi connectivity index (χ4n) is 6.39. The van der Waals surface area contributed by atoms with Crippen LogP contribution in [0.25, 0.3) is 55.4 Å². The number of benzene rings is 4. The Kier molecular flexibility index (Phi) is 4.54. The van der Waals surface area contributed by atoms with Crippen LogP contribution in [0.15, 0.2) is 109 Å². The minimum absolute atomic E-state index is 0.102. The molecule has 0 spiro atoms. The number of nitrogens with zero attached hydrogens (tertiary/aromatic N) is 3. The zero-order valence-corrected chi connectivity index (χ0v) is 23.3. The lowest BCUT2D eigenvalue weighted by atomic mass is 9.82. The van der Waals surface area contributed by atoms with E-state index >= 15 is 0 Å². The number of aromatic nitrogens is 3. The minimum atomic E-state index is -0.102. The van der Waals surface area contributed by atoms with Crippen LogP contribution in [0, 0.1) is 3.70 Å². The molecule has 0 atom stereocenters. The maximum absolute atomic E-state index is 4.82. The van der Waals surface area contributed by atoms with Gasteiger partial charge in [0.05, 0.1) is 22.2 Å². The van der Waals surface area contributed by atoms with Gasteiger partial charge in [-0.1, -0.05) is 80.6 Å². The molecule has 38 heavy (non-hydrogen) atoms. The first-order valence-electron chi connectivity index (χ1n) is 12.9. The Hall–Kier alpha value is -3.90. The molecule has 3 nitrogen and oxygen atoms in total. The Morgan fingerprint density at radius 3 is 2.26 bits per heavy atom. The largest absolute Gasteiger partial charge is 0.309 e. The van der Waals surface area contributed by atoms with Crippen molar-refractivity contribution >= 4 is 49.9 Å². The molecule has 0 fully saturated rings. The maximum Gasteiger partial charge on any atom is 0.124 e. The van der Waals surface area contributed by atoms with Gasteiger partial charge < -0.3 is 4.57 Å². The Morgan fingerprint density at radius 1 is 0.658 bits per heavy atom. The molecule has 1 aliphatic rings. The molecule has 3 aromatic heterocycles. The molecule has 0 saturated heterocycles. The van der Waals surface area contributed by atoms with Gasteiger partial charge in [0.25, 0.3) is 0 Å². The number of pyridine rings is 1. The summed E-state index contributed by atoms with van der Waals surface area (Å²) in [5.41, 5.74) is 12.3. The van der Waals surface area contributed by atoms with Crippen LogP contribution in [0.2, 0.25) is 0 Å². The summed E-state index contributed by atoms with van der Waals surface area (Å²) in [4.78, 5) is 0. The van der Waals surface area contributed by atoms with Crippen molar-refractivity contribution in [2.45, 2.75) is 19.3 Å². The highest BCUT2D eigenvalue weighted by Gasteiger charge is 2.37. The molecule has 0 unspecified atom stereocenters. The van der Waals surface area contributed by atoms with Gasteiger partial charge in [-0.3, -0.25) is 0 Å². The lowest BCUT2D eigenvalue weighted by Crippen LogP contribution is -2.15. The smallest absolute Gasteiger partial charge is 0.124 e. The number of halogens is 1. The van der Waals surface area contributed by atoms with E-state index < -0.39 is 0 Å². The van der Waals surface area contributed by atoms with E-state index in [1.165, 1.54) is 61.0 Å². The van der Waals surface area contributed by atoms with Crippen molar-refractivity contribution < 1.29 is 0 Å². The number of rotatable bonds is 2. The second-order valence-corrected chi connectivity index (χ2v) is 11.8. The molecule has 0 amide bonds. The van der Waals surface area contributed by atoms with Gasteiger partial charge >= 0.3 is 0 Å². The third-order valence-corrected chi connectivity index (χ3v) is 8.76. The van der Waals surface area contributed by atoms with Crippen molar-refractivity contribution in [1.82, 2.24) is 14.2 Å². The molecule has 0 radical (unpaired) electrons. The average molecular weight is 601 g/mol. The van der Waals surface area contributed by atoms with E-state index in [4.69, 9.17) is 5.10 Å². The molecule has 4 heteroatoms. The Balaban J connectivity index is 1.35. The predicted octanol–water partition coefficient (Wildman–Crippen LogP) is 9.01. The number of fused-ring (bicyclic) bond motifs is 8. The summed E-state index contributed by atoms with van der Waals surface area (Å²) < 4.78 is 5.52. The summed E-state index contributed by atoms with van der Waals surface area (Å²) >= 11 is 2.30. The highest BCUT2D eigenvalue weighted by atomic mass is 127. The lowest BCUT2D eigenvalue weighted by molar-refractivity contribution is 0.657. The fourth-order valence-corrected chi connectivity index (χ4v) is 6.92. The molecule has 0 N–H and O–H groups in total. The highest BCUT2D eigenvalue weighted by Crippen LogP contribution is 2.50. The van der Waals surface area contributed by atoms with E-state index in [9.17, 15) is 0 Å². The first kappa shape index (κ1) is 22.1. The molecule has 3 heterocycles. The predicted molar refractivity (Wildman–Crippen MR) is 165 cm³/mol. The summed E-state index contributed by atoms with van der Waals surface area (Å²) in [7, 11) is 0. The molecule has 0 bridgehead atoms. The topological polar surface area (TPSA) is 22.2 Å². The van der Waals surface area contributed by atoms with E-state index in [1.54, 1.807) is 0 Å². The summed E-state index contributed by atoms with van der Waals surface area (Å²) in [5.74, 6) is 0. The van der Waals surface area contributed by atoms with Crippen molar-refractivity contribution in [3.63, 3.8) is 0 Å². The number of para-hydroxylation sites is 2. The first-order valence-corrected chi connectivity index (χ1v) is 14.0. The third kappa shape index (κ3) is 2.98. The summed E-state index contributed by atoms with van der Waals surface area (Å²) in [6, 6.07) is 39.9. The van der Waals surface area contributed by atoms with Gasteiger partial charge in [-0.15, -0.1) is 0 Å². The Morgan fingerprint density at radius 2 is 1.39 bits per heavy atom. The first-order chi connectivity index (χ1) is 18.5. The standard InChI is InChI=1S/C34H24IN3/c1-34(2)28-17-14-24-20-32(35)36-38(24)33(28)27-16-13-21(18-29(27)34)22-12-15-26-25-10-6-7-11-30(25)37(31(26)19-22)23-8-4-3-5-9-23/h3-20H,1-2H3. The van der Waals surface area contributed by atoms with Crippen molar-refractivity contribution in [1.29, 1.82) is 0 Å². The van der Waals surface area contributed by atoms with Gasteiger partial charge in [0.1, 0.15) is 3.70 Å². The van der Waals surface area contributed by atoms with Crippen molar-refractivity contribution in [2.75, 3.05) is 0 Å². The lowest BCUT2D eigenvalue weighted by Gasteiger charge is -2.21. The van der Waals surface area contributed by atoms with Crippen LogP contribution in [0.5, 0.6) is 0 Å². The molecular weight excluding hydrogens is 577 g/mol. The molecular formula is C34H24IN3. The molecule has 0 aliphatic heterocycles. The van der Waals surface area contributed by atoms with Crippen molar-refractivity contribution in [3.8, 4) is 28.1 Å². The molecule has 8 rings (SSSR count). The Bertz CT molecular complexity index is 2060. The fraction of sp³-hybridized carbons (Fsp3) is 0.0882. The van der Waals surface area contributed by atoms with Gasteiger partial charge in [-0.2, -0.15) is 5.10 Å². The van der Waals surface area contributed by atoms with Crippen LogP contribution in [0.4, 0.5) is 0 Å². The van der Waals surface area contributed by atoms with Gasteiger partial charge in [0, 0.05) is 27.4 Å². The second kappa shape index (κ2) is 7.81. The molecule has 4 aromatic carbocycles. The van der Waals surface area contributed by atoms with Crippen molar-refractivity contribution in [2.24, 2.45) is 0 Å². The Labute approximate surface area is 234 Å². The number of hydrogen-bond acceptors (Lipinski definition) is 1. The van der Waals surface area contributed by atoms with Crippen LogP contribution in [-0.2, 0) is 5.41 Å². The van der Waals surface area contributed by atoms with Crippen molar-refractivity contribution in [3.05, 3.63) is 124 Å². The van der Waals surface area contributed by atoms with Crippen LogP contribution in [0.3, 0.4) is 0 Å². The van der Waals surface area contributed by atoms with Gasteiger partial charge in [-0.05, 0) is 87.3 Å². The molecule has 7 aromatic rings. The normalized spacial score (nSPS) is 13.9. The van der Waals surface area contributed by atoms with Crippen LogP contribution in [0.1, 0.15) is 25.0 Å².